The van der Waals surface area contributed by atoms with Gasteiger partial charge in [-0.2, -0.15) is 0 Å². The van der Waals surface area contributed by atoms with E-state index in [-0.39, 0.29) is 31.9 Å². The maximum Gasteiger partial charge on any atom is 0.348 e. The molecule has 0 radical (unpaired) electrons. The summed E-state index contributed by atoms with van der Waals surface area (Å²) in [6, 6.07) is 5.96. The summed E-state index contributed by atoms with van der Waals surface area (Å²) in [6.45, 7) is 1.58. The van der Waals surface area contributed by atoms with Crippen molar-refractivity contribution >= 4 is 57.0 Å². The van der Waals surface area contributed by atoms with E-state index in [1.54, 1.807) is 13.0 Å². The number of nitrogens with one attached hydrogen (secondary N) is 2. The SMILES string of the molecule is COC(=O)c1sc(NC(=S)Nc2ccccc2[N+](=O)[O-])c(C(=O)OC)c1C. The molecule has 27 heavy (non-hydrogen) atoms. The highest BCUT2D eigenvalue weighted by Gasteiger charge is 2.26. The minimum Gasteiger partial charge on any atom is -0.465 e. The Morgan fingerprint density at radius 3 is 2.37 bits per heavy atom. The highest BCUT2D eigenvalue weighted by atomic mass is 32.1. The number of thiophene rings is 1. The monoisotopic (exact) mass is 409 g/mol. The van der Waals surface area contributed by atoms with Crippen molar-refractivity contribution in [3.8, 4) is 0 Å². The first-order valence-electron chi connectivity index (χ1n) is 7.41. The summed E-state index contributed by atoms with van der Waals surface area (Å²) in [7, 11) is 2.44. The van der Waals surface area contributed by atoms with Gasteiger partial charge in [-0.1, -0.05) is 12.1 Å². The van der Waals surface area contributed by atoms with Crippen molar-refractivity contribution in [2.24, 2.45) is 0 Å². The van der Waals surface area contributed by atoms with Crippen LogP contribution >= 0.6 is 23.6 Å². The lowest BCUT2D eigenvalue weighted by Crippen LogP contribution is -2.20. The van der Waals surface area contributed by atoms with Crippen molar-refractivity contribution in [1.82, 2.24) is 0 Å². The molecular weight excluding hydrogens is 394 g/mol. The maximum absolute atomic E-state index is 12.1. The van der Waals surface area contributed by atoms with Crippen LogP contribution in [0.2, 0.25) is 0 Å². The van der Waals surface area contributed by atoms with E-state index < -0.39 is 16.9 Å². The Labute approximate surface area is 163 Å². The lowest BCUT2D eigenvalue weighted by atomic mass is 10.1. The second kappa shape index (κ2) is 8.56. The molecule has 0 fully saturated rings. The van der Waals surface area contributed by atoms with Crippen molar-refractivity contribution in [3.63, 3.8) is 0 Å². The molecule has 1 aromatic heterocycles. The smallest absolute Gasteiger partial charge is 0.348 e. The molecule has 2 N–H and O–H groups in total. The number of hydrogen-bond acceptors (Lipinski definition) is 8. The van der Waals surface area contributed by atoms with E-state index in [2.05, 4.69) is 10.6 Å². The van der Waals surface area contributed by atoms with Gasteiger partial charge in [0.25, 0.3) is 5.69 Å². The minimum atomic E-state index is -0.658. The average Bonchev–Trinajstić information content (AvgIpc) is 2.96. The van der Waals surface area contributed by atoms with Crippen LogP contribution in [0.15, 0.2) is 24.3 Å². The number of nitro benzene ring substituents is 1. The van der Waals surface area contributed by atoms with E-state index >= 15 is 0 Å². The summed E-state index contributed by atoms with van der Waals surface area (Å²) < 4.78 is 9.47. The van der Waals surface area contributed by atoms with Crippen molar-refractivity contribution in [2.45, 2.75) is 6.92 Å². The number of esters is 2. The number of methoxy groups -OCH3 is 2. The normalized spacial score (nSPS) is 10.0. The molecule has 0 saturated carbocycles. The molecule has 0 aliphatic carbocycles. The van der Waals surface area contributed by atoms with E-state index in [0.717, 1.165) is 11.3 Å². The van der Waals surface area contributed by atoms with Gasteiger partial charge in [0, 0.05) is 6.07 Å². The minimum absolute atomic E-state index is 0.00659. The zero-order chi connectivity index (χ0) is 20.1. The molecule has 0 spiro atoms. The quantitative estimate of drug-likeness (QED) is 0.331. The van der Waals surface area contributed by atoms with E-state index in [1.807, 2.05) is 0 Å². The van der Waals surface area contributed by atoms with Gasteiger partial charge in [0.1, 0.15) is 15.6 Å². The molecule has 2 aromatic rings. The number of benzene rings is 1. The third-order valence-electron chi connectivity index (χ3n) is 3.48. The third kappa shape index (κ3) is 4.38. The molecule has 0 bridgehead atoms. The zero-order valence-electron chi connectivity index (χ0n) is 14.5. The molecule has 142 valence electrons. The summed E-state index contributed by atoms with van der Waals surface area (Å²) in [5, 5.41) is 16.9. The van der Waals surface area contributed by atoms with Gasteiger partial charge in [-0.25, -0.2) is 9.59 Å². The summed E-state index contributed by atoms with van der Waals surface area (Å²) >= 11 is 6.15. The van der Waals surface area contributed by atoms with E-state index in [9.17, 15) is 19.7 Å². The lowest BCUT2D eigenvalue weighted by Gasteiger charge is -2.10. The Kier molecular flexibility index (Phi) is 6.42. The van der Waals surface area contributed by atoms with Crippen LogP contribution in [0.3, 0.4) is 0 Å². The van der Waals surface area contributed by atoms with Gasteiger partial charge >= 0.3 is 11.9 Å². The number of nitrogens with zero attached hydrogens (tertiary/aromatic N) is 1. The van der Waals surface area contributed by atoms with Crippen LogP contribution < -0.4 is 10.6 Å². The van der Waals surface area contributed by atoms with Crippen molar-refractivity contribution in [3.05, 3.63) is 50.4 Å². The van der Waals surface area contributed by atoms with Crippen LogP contribution in [-0.2, 0) is 9.47 Å². The average molecular weight is 409 g/mol. The summed E-state index contributed by atoms with van der Waals surface area (Å²) in [5.74, 6) is -1.26. The van der Waals surface area contributed by atoms with Gasteiger partial charge in [0.2, 0.25) is 0 Å². The first kappa shape index (κ1) is 20.3. The Balaban J connectivity index is 2.34. The molecule has 0 atom stereocenters. The van der Waals surface area contributed by atoms with Crippen molar-refractivity contribution < 1.29 is 24.0 Å². The van der Waals surface area contributed by atoms with Gasteiger partial charge in [-0.05, 0) is 30.8 Å². The predicted octanol–water partition coefficient (Wildman–Crippen LogP) is 3.35. The fourth-order valence-corrected chi connectivity index (χ4v) is 3.63. The molecule has 11 heteroatoms. The first-order chi connectivity index (χ1) is 12.8. The van der Waals surface area contributed by atoms with Gasteiger partial charge in [-0.15, -0.1) is 11.3 Å². The molecule has 0 amide bonds. The largest absolute Gasteiger partial charge is 0.465 e. The fraction of sp³-hybridized carbons (Fsp3) is 0.188. The fourth-order valence-electron chi connectivity index (χ4n) is 2.23. The van der Waals surface area contributed by atoms with Crippen molar-refractivity contribution in [2.75, 3.05) is 24.9 Å². The van der Waals surface area contributed by atoms with E-state index in [4.69, 9.17) is 21.7 Å². The molecular formula is C16H15N3O6S2. The molecule has 0 aliphatic heterocycles. The Bertz CT molecular complexity index is 925. The van der Waals surface area contributed by atoms with Crippen LogP contribution in [0.1, 0.15) is 25.6 Å². The first-order valence-corrected chi connectivity index (χ1v) is 8.64. The lowest BCUT2D eigenvalue weighted by molar-refractivity contribution is -0.383. The second-order valence-electron chi connectivity index (χ2n) is 5.10. The van der Waals surface area contributed by atoms with Crippen LogP contribution in [0, 0.1) is 17.0 Å². The number of carbonyl (C=O) groups is 2. The van der Waals surface area contributed by atoms with Gasteiger partial charge < -0.3 is 20.1 Å². The van der Waals surface area contributed by atoms with Crippen molar-refractivity contribution in [1.29, 1.82) is 0 Å². The molecule has 2 rings (SSSR count). The number of anilines is 2. The third-order valence-corrected chi connectivity index (χ3v) is 4.87. The van der Waals surface area contributed by atoms with Gasteiger partial charge in [-0.3, -0.25) is 10.1 Å². The highest BCUT2D eigenvalue weighted by molar-refractivity contribution is 7.80. The second-order valence-corrected chi connectivity index (χ2v) is 6.53. The number of thiocarbonyl (C=S) groups is 1. The number of hydrogen-bond donors (Lipinski definition) is 2. The Hall–Kier alpha value is -3.05. The molecule has 9 nitrogen and oxygen atoms in total. The zero-order valence-corrected chi connectivity index (χ0v) is 16.2. The molecule has 0 unspecified atom stereocenters. The molecule has 0 aliphatic rings. The molecule has 0 saturated heterocycles. The van der Waals surface area contributed by atoms with Gasteiger partial charge in [0.15, 0.2) is 5.11 Å². The molecule has 1 heterocycles. The van der Waals surface area contributed by atoms with Crippen LogP contribution in [0.25, 0.3) is 0 Å². The number of para-hydroxylation sites is 2. The van der Waals surface area contributed by atoms with E-state index in [0.29, 0.717) is 5.56 Å². The van der Waals surface area contributed by atoms with Crippen LogP contribution in [0.5, 0.6) is 0 Å². The van der Waals surface area contributed by atoms with Gasteiger partial charge in [0.05, 0.1) is 24.7 Å². The number of rotatable bonds is 5. The van der Waals surface area contributed by atoms with Crippen LogP contribution in [0.4, 0.5) is 16.4 Å². The standard InChI is InChI=1S/C16H15N3O6S2/c1-8-11(14(20)24-2)13(27-12(8)15(21)25-3)18-16(26)17-9-6-4-5-7-10(9)19(22)23/h4-7H,1-3H3,(H2,17,18,26). The number of carbonyl (C=O) groups excluding carboxylic acids is 2. The highest BCUT2D eigenvalue weighted by Crippen LogP contribution is 2.34. The summed E-state index contributed by atoms with van der Waals surface area (Å²) in [6.07, 6.45) is 0. The van der Waals surface area contributed by atoms with Crippen LogP contribution in [-0.4, -0.2) is 36.2 Å². The summed E-state index contributed by atoms with van der Waals surface area (Å²) in [5.41, 5.74) is 0.540. The number of ether oxygens (including phenoxy) is 2. The molecule has 1 aromatic carbocycles. The predicted molar refractivity (Wildman–Crippen MR) is 105 cm³/mol. The number of nitro groups is 1. The Morgan fingerprint density at radius 1 is 1.15 bits per heavy atom. The maximum atomic E-state index is 12.1. The topological polar surface area (TPSA) is 120 Å². The van der Waals surface area contributed by atoms with E-state index in [1.165, 1.54) is 32.4 Å². The summed E-state index contributed by atoms with van der Waals surface area (Å²) in [4.78, 5) is 34.8. The Morgan fingerprint density at radius 2 is 1.78 bits per heavy atom.